The first kappa shape index (κ1) is 13.8. The third-order valence-electron chi connectivity index (χ3n) is 3.96. The van der Waals surface area contributed by atoms with Crippen molar-refractivity contribution in [1.82, 2.24) is 4.98 Å². The summed E-state index contributed by atoms with van der Waals surface area (Å²) in [6.45, 7) is 0. The molecule has 2 aromatic rings. The van der Waals surface area contributed by atoms with Crippen LogP contribution in [0.4, 0.5) is 5.69 Å². The summed E-state index contributed by atoms with van der Waals surface area (Å²) in [4.78, 5) is 14.8. The monoisotopic (exact) mass is 287 g/mol. The Bertz CT molecular complexity index is 666. The van der Waals surface area contributed by atoms with Gasteiger partial charge >= 0.3 is 0 Å². The van der Waals surface area contributed by atoms with Crippen molar-refractivity contribution in [2.75, 3.05) is 0 Å². The molecule has 0 amide bonds. The number of nitrogens with zero attached hydrogens (tertiary/aromatic N) is 2. The first-order chi connectivity index (χ1) is 10.1. The van der Waals surface area contributed by atoms with Gasteiger partial charge in [-0.1, -0.05) is 0 Å². The summed E-state index contributed by atoms with van der Waals surface area (Å²) in [7, 11) is 0. The fourth-order valence-electron chi connectivity index (χ4n) is 2.80. The van der Waals surface area contributed by atoms with Crippen molar-refractivity contribution in [2.24, 2.45) is 5.73 Å². The second-order valence-electron chi connectivity index (χ2n) is 5.42. The predicted molar refractivity (Wildman–Crippen MR) is 79.3 cm³/mol. The third kappa shape index (κ3) is 2.80. The van der Waals surface area contributed by atoms with Gasteiger partial charge in [-0.2, -0.15) is 0 Å². The van der Waals surface area contributed by atoms with Gasteiger partial charge in [0.25, 0.3) is 5.69 Å². The highest BCUT2D eigenvalue weighted by Crippen LogP contribution is 2.34. The number of nitro groups is 1. The molecule has 0 saturated heterocycles. The van der Waals surface area contributed by atoms with Gasteiger partial charge < -0.3 is 10.5 Å². The Hall–Kier alpha value is -2.21. The van der Waals surface area contributed by atoms with E-state index in [0.29, 0.717) is 16.5 Å². The number of nitrogens with two attached hydrogens (primary N) is 1. The van der Waals surface area contributed by atoms with Crippen LogP contribution in [0.15, 0.2) is 30.6 Å². The van der Waals surface area contributed by atoms with Crippen molar-refractivity contribution < 1.29 is 9.66 Å². The van der Waals surface area contributed by atoms with Gasteiger partial charge in [-0.25, -0.2) is 0 Å². The lowest BCUT2D eigenvalue weighted by Gasteiger charge is -2.27. The van der Waals surface area contributed by atoms with E-state index >= 15 is 0 Å². The average molecular weight is 287 g/mol. The molecule has 0 unspecified atom stereocenters. The zero-order valence-electron chi connectivity index (χ0n) is 11.6. The Balaban J connectivity index is 1.93. The summed E-state index contributed by atoms with van der Waals surface area (Å²) in [5.74, 6) is 0.657. The van der Waals surface area contributed by atoms with E-state index in [1.807, 2.05) is 0 Å². The van der Waals surface area contributed by atoms with Gasteiger partial charge in [0.2, 0.25) is 0 Å². The number of non-ortho nitro benzene ring substituents is 1. The van der Waals surface area contributed by atoms with Crippen LogP contribution >= 0.6 is 0 Å². The van der Waals surface area contributed by atoms with Gasteiger partial charge in [-0.05, 0) is 37.8 Å². The quantitative estimate of drug-likeness (QED) is 0.692. The molecule has 0 radical (unpaired) electrons. The second-order valence-corrected chi connectivity index (χ2v) is 5.42. The number of pyridine rings is 1. The molecule has 6 nitrogen and oxygen atoms in total. The van der Waals surface area contributed by atoms with Crippen LogP contribution in [0, 0.1) is 10.1 Å². The number of rotatable bonds is 3. The zero-order valence-corrected chi connectivity index (χ0v) is 11.6. The summed E-state index contributed by atoms with van der Waals surface area (Å²) in [5.41, 5.74) is 5.97. The lowest BCUT2D eigenvalue weighted by molar-refractivity contribution is -0.383. The fraction of sp³-hybridized carbons (Fsp3) is 0.400. The van der Waals surface area contributed by atoms with Crippen LogP contribution in [0.25, 0.3) is 10.8 Å². The number of ether oxygens (including phenoxy) is 1. The minimum atomic E-state index is -0.383. The Kier molecular flexibility index (Phi) is 3.70. The summed E-state index contributed by atoms with van der Waals surface area (Å²) < 4.78 is 6.03. The van der Waals surface area contributed by atoms with Crippen LogP contribution < -0.4 is 10.5 Å². The van der Waals surface area contributed by atoms with Gasteiger partial charge in [-0.15, -0.1) is 0 Å². The van der Waals surface area contributed by atoms with Gasteiger partial charge in [0.1, 0.15) is 5.75 Å². The number of nitro benzene ring substituents is 1. The molecule has 0 spiro atoms. The maximum absolute atomic E-state index is 11.1. The largest absolute Gasteiger partial charge is 0.490 e. The van der Waals surface area contributed by atoms with Crippen LogP contribution in [-0.4, -0.2) is 22.1 Å². The Morgan fingerprint density at radius 3 is 2.67 bits per heavy atom. The molecule has 21 heavy (non-hydrogen) atoms. The predicted octanol–water partition coefficient (Wildman–Crippen LogP) is 2.79. The van der Waals surface area contributed by atoms with E-state index in [1.54, 1.807) is 24.5 Å². The third-order valence-corrected chi connectivity index (χ3v) is 3.96. The SMILES string of the molecule is NC1CCC(Oc2ccc([N+](=O)[O-])c3ccncc23)CC1. The van der Waals surface area contributed by atoms with Crippen molar-refractivity contribution in [3.05, 3.63) is 40.7 Å². The van der Waals surface area contributed by atoms with Crippen LogP contribution in [0.5, 0.6) is 5.75 Å². The molecule has 1 fully saturated rings. The highest BCUT2D eigenvalue weighted by Gasteiger charge is 2.22. The zero-order chi connectivity index (χ0) is 14.8. The number of benzene rings is 1. The fourth-order valence-corrected chi connectivity index (χ4v) is 2.80. The van der Waals surface area contributed by atoms with Crippen molar-refractivity contribution >= 4 is 16.5 Å². The molecular weight excluding hydrogens is 270 g/mol. The highest BCUT2D eigenvalue weighted by molar-refractivity contribution is 5.94. The Morgan fingerprint density at radius 1 is 1.19 bits per heavy atom. The van der Waals surface area contributed by atoms with Crippen molar-refractivity contribution in [3.63, 3.8) is 0 Å². The van der Waals surface area contributed by atoms with Crippen LogP contribution in [-0.2, 0) is 0 Å². The smallest absolute Gasteiger partial charge is 0.277 e. The molecule has 1 aliphatic rings. The number of hydrogen-bond donors (Lipinski definition) is 1. The van der Waals surface area contributed by atoms with Gasteiger partial charge in [0, 0.05) is 29.9 Å². The molecule has 6 heteroatoms. The van der Waals surface area contributed by atoms with E-state index < -0.39 is 0 Å². The molecule has 1 aromatic heterocycles. The first-order valence-electron chi connectivity index (χ1n) is 7.08. The lowest BCUT2D eigenvalue weighted by atomic mass is 9.93. The summed E-state index contributed by atoms with van der Waals surface area (Å²) in [5, 5.41) is 12.3. The molecular formula is C15H17N3O3. The summed E-state index contributed by atoms with van der Waals surface area (Å²) in [6, 6.07) is 5.07. The molecule has 0 atom stereocenters. The summed E-state index contributed by atoms with van der Waals surface area (Å²) in [6.07, 6.45) is 7.03. The average Bonchev–Trinajstić information content (AvgIpc) is 2.49. The van der Waals surface area contributed by atoms with Crippen molar-refractivity contribution in [1.29, 1.82) is 0 Å². The Labute approximate surface area is 122 Å². The first-order valence-corrected chi connectivity index (χ1v) is 7.08. The van der Waals surface area contributed by atoms with E-state index in [9.17, 15) is 10.1 Å². The molecule has 1 saturated carbocycles. The van der Waals surface area contributed by atoms with Gasteiger partial charge in [0.15, 0.2) is 0 Å². The molecule has 1 aromatic carbocycles. The molecule has 0 bridgehead atoms. The second kappa shape index (κ2) is 5.65. The standard InChI is InChI=1S/C15H17N3O3/c16-10-1-3-11(4-2-10)21-15-6-5-14(18(19)20)12-7-8-17-9-13(12)15/h5-11H,1-4,16H2. The molecule has 110 valence electrons. The molecule has 0 aliphatic heterocycles. The van der Waals surface area contributed by atoms with E-state index in [0.717, 1.165) is 25.7 Å². The van der Waals surface area contributed by atoms with Crippen molar-refractivity contribution in [3.8, 4) is 5.75 Å². The number of aromatic nitrogens is 1. The van der Waals surface area contributed by atoms with Gasteiger partial charge in [0.05, 0.1) is 16.4 Å². The lowest BCUT2D eigenvalue weighted by Crippen LogP contribution is -2.31. The van der Waals surface area contributed by atoms with Crippen LogP contribution in [0.1, 0.15) is 25.7 Å². The van der Waals surface area contributed by atoms with Crippen LogP contribution in [0.2, 0.25) is 0 Å². The number of hydrogen-bond acceptors (Lipinski definition) is 5. The van der Waals surface area contributed by atoms with Crippen LogP contribution in [0.3, 0.4) is 0 Å². The van der Waals surface area contributed by atoms with Crippen molar-refractivity contribution in [2.45, 2.75) is 37.8 Å². The molecule has 1 aliphatic carbocycles. The van der Waals surface area contributed by atoms with E-state index in [2.05, 4.69) is 4.98 Å². The van der Waals surface area contributed by atoms with E-state index in [1.165, 1.54) is 6.07 Å². The van der Waals surface area contributed by atoms with E-state index in [4.69, 9.17) is 10.5 Å². The minimum Gasteiger partial charge on any atom is -0.490 e. The molecule has 3 rings (SSSR count). The minimum absolute atomic E-state index is 0.0745. The maximum atomic E-state index is 11.1. The molecule has 2 N–H and O–H groups in total. The number of fused-ring (bicyclic) bond motifs is 1. The highest BCUT2D eigenvalue weighted by atomic mass is 16.6. The Morgan fingerprint density at radius 2 is 1.95 bits per heavy atom. The van der Waals surface area contributed by atoms with E-state index in [-0.39, 0.29) is 22.8 Å². The van der Waals surface area contributed by atoms with Gasteiger partial charge in [-0.3, -0.25) is 15.1 Å². The normalized spacial score (nSPS) is 22.1. The molecule has 1 heterocycles. The topological polar surface area (TPSA) is 91.3 Å². The maximum Gasteiger partial charge on any atom is 0.277 e. The summed E-state index contributed by atoms with van der Waals surface area (Å²) >= 11 is 0.